The number of carbonyl (C=O) groups is 1. The number of nitrogens with zero attached hydrogens (tertiary/aromatic N) is 2. The molecule has 1 atom stereocenters. The van der Waals surface area contributed by atoms with Gasteiger partial charge in [0.2, 0.25) is 5.91 Å². The molecule has 0 aromatic carbocycles. The van der Waals surface area contributed by atoms with Crippen molar-refractivity contribution in [3.8, 4) is 0 Å². The minimum Gasteiger partial charge on any atom is -0.395 e. The van der Waals surface area contributed by atoms with E-state index < -0.39 is 0 Å². The number of piperidine rings is 1. The van der Waals surface area contributed by atoms with Crippen LogP contribution in [0.15, 0.2) is 0 Å². The van der Waals surface area contributed by atoms with Gasteiger partial charge >= 0.3 is 0 Å². The number of aryl methyl sites for hydroxylation is 2. The number of rotatable bonds is 7. The Morgan fingerprint density at radius 1 is 1.45 bits per heavy atom. The van der Waals surface area contributed by atoms with Crippen molar-refractivity contribution in [2.45, 2.75) is 52.0 Å². The predicted molar refractivity (Wildman–Crippen MR) is 85.7 cm³/mol. The van der Waals surface area contributed by atoms with Gasteiger partial charge in [0.25, 0.3) is 0 Å². The van der Waals surface area contributed by atoms with Crippen molar-refractivity contribution < 1.29 is 9.90 Å². The molecule has 0 bridgehead atoms. The van der Waals surface area contributed by atoms with Gasteiger partial charge in [-0.1, -0.05) is 6.42 Å². The molecule has 6 heteroatoms. The van der Waals surface area contributed by atoms with Crippen molar-refractivity contribution in [2.24, 2.45) is 0 Å². The topological polar surface area (TPSA) is 81.2 Å². The quantitative estimate of drug-likeness (QED) is 0.700. The van der Waals surface area contributed by atoms with Crippen LogP contribution < -0.4 is 5.32 Å². The number of amides is 1. The fourth-order valence-corrected chi connectivity index (χ4v) is 3.00. The number of aromatic amines is 1. The van der Waals surface area contributed by atoms with E-state index in [0.29, 0.717) is 19.4 Å². The molecule has 1 saturated heterocycles. The van der Waals surface area contributed by atoms with Gasteiger partial charge in [0, 0.05) is 37.7 Å². The van der Waals surface area contributed by atoms with Gasteiger partial charge < -0.3 is 10.4 Å². The highest BCUT2D eigenvalue weighted by Gasteiger charge is 2.21. The van der Waals surface area contributed by atoms with E-state index in [4.69, 9.17) is 0 Å². The van der Waals surface area contributed by atoms with E-state index in [2.05, 4.69) is 20.4 Å². The van der Waals surface area contributed by atoms with Crippen LogP contribution >= 0.6 is 0 Å². The van der Waals surface area contributed by atoms with Crippen LogP contribution in [-0.2, 0) is 11.2 Å². The second kappa shape index (κ2) is 8.29. The molecule has 1 fully saturated rings. The summed E-state index contributed by atoms with van der Waals surface area (Å²) in [6.45, 7) is 6.71. The van der Waals surface area contributed by atoms with Gasteiger partial charge in [0.1, 0.15) is 0 Å². The highest BCUT2D eigenvalue weighted by atomic mass is 16.3. The molecule has 2 heterocycles. The van der Waals surface area contributed by atoms with E-state index in [0.717, 1.165) is 36.5 Å². The SMILES string of the molecule is Cc1[nH]nc(CCC(=O)NCCN2CCCCC2CO)c1C. The van der Waals surface area contributed by atoms with Crippen LogP contribution in [0, 0.1) is 13.8 Å². The molecule has 0 aliphatic carbocycles. The van der Waals surface area contributed by atoms with Crippen molar-refractivity contribution in [3.63, 3.8) is 0 Å². The fourth-order valence-electron chi connectivity index (χ4n) is 3.00. The summed E-state index contributed by atoms with van der Waals surface area (Å²) in [7, 11) is 0. The first-order valence-electron chi connectivity index (χ1n) is 8.24. The van der Waals surface area contributed by atoms with Gasteiger partial charge in [-0.15, -0.1) is 0 Å². The molecule has 22 heavy (non-hydrogen) atoms. The highest BCUT2D eigenvalue weighted by molar-refractivity contribution is 5.76. The molecule has 1 amide bonds. The molecule has 6 nitrogen and oxygen atoms in total. The van der Waals surface area contributed by atoms with Gasteiger partial charge in [-0.05, 0) is 38.8 Å². The summed E-state index contributed by atoms with van der Waals surface area (Å²) in [5.74, 6) is 0.0672. The normalized spacial score (nSPS) is 19.3. The van der Waals surface area contributed by atoms with E-state index in [1.807, 2.05) is 13.8 Å². The number of carbonyl (C=O) groups excluding carboxylic acids is 1. The molecule has 0 spiro atoms. The van der Waals surface area contributed by atoms with Gasteiger partial charge in [-0.2, -0.15) is 5.10 Å². The van der Waals surface area contributed by atoms with Gasteiger partial charge in [0.15, 0.2) is 0 Å². The lowest BCUT2D eigenvalue weighted by atomic mass is 10.0. The van der Waals surface area contributed by atoms with Crippen LogP contribution in [0.5, 0.6) is 0 Å². The zero-order chi connectivity index (χ0) is 15.9. The second-order valence-electron chi connectivity index (χ2n) is 6.14. The summed E-state index contributed by atoms with van der Waals surface area (Å²) >= 11 is 0. The first-order chi connectivity index (χ1) is 10.6. The molecular weight excluding hydrogens is 280 g/mol. The number of likely N-dealkylation sites (tertiary alicyclic amines) is 1. The third kappa shape index (κ3) is 4.55. The van der Waals surface area contributed by atoms with Crippen LogP contribution in [0.3, 0.4) is 0 Å². The summed E-state index contributed by atoms with van der Waals surface area (Å²) in [5, 5.41) is 19.5. The molecule has 3 N–H and O–H groups in total. The average Bonchev–Trinajstić information content (AvgIpc) is 2.85. The highest BCUT2D eigenvalue weighted by Crippen LogP contribution is 2.15. The number of hydrogen-bond acceptors (Lipinski definition) is 4. The lowest BCUT2D eigenvalue weighted by molar-refractivity contribution is -0.121. The molecule has 0 radical (unpaired) electrons. The number of aromatic nitrogens is 2. The summed E-state index contributed by atoms with van der Waals surface area (Å²) in [4.78, 5) is 14.2. The van der Waals surface area contributed by atoms with E-state index in [-0.39, 0.29) is 18.6 Å². The number of nitrogens with one attached hydrogen (secondary N) is 2. The van der Waals surface area contributed by atoms with Crippen LogP contribution in [0.25, 0.3) is 0 Å². The van der Waals surface area contributed by atoms with Gasteiger partial charge in [-0.25, -0.2) is 0 Å². The minimum absolute atomic E-state index is 0.0672. The molecular formula is C16H28N4O2. The van der Waals surface area contributed by atoms with Crippen molar-refractivity contribution in [2.75, 3.05) is 26.2 Å². The van der Waals surface area contributed by atoms with Crippen LogP contribution in [0.1, 0.15) is 42.6 Å². The van der Waals surface area contributed by atoms with E-state index in [1.54, 1.807) is 0 Å². The molecule has 1 aliphatic heterocycles. The molecule has 0 saturated carbocycles. The molecule has 2 rings (SSSR count). The first kappa shape index (κ1) is 17.0. The largest absolute Gasteiger partial charge is 0.395 e. The Kier molecular flexibility index (Phi) is 6.39. The Balaban J connectivity index is 1.66. The predicted octanol–water partition coefficient (Wildman–Crippen LogP) is 0.922. The van der Waals surface area contributed by atoms with Crippen molar-refractivity contribution in [1.29, 1.82) is 0 Å². The lowest BCUT2D eigenvalue weighted by Crippen LogP contribution is -2.45. The maximum Gasteiger partial charge on any atom is 0.220 e. The maximum absolute atomic E-state index is 11.9. The zero-order valence-corrected chi connectivity index (χ0v) is 13.7. The van der Waals surface area contributed by atoms with E-state index >= 15 is 0 Å². The maximum atomic E-state index is 11.9. The lowest BCUT2D eigenvalue weighted by Gasteiger charge is -2.34. The first-order valence-corrected chi connectivity index (χ1v) is 8.24. The molecule has 1 aromatic heterocycles. The Morgan fingerprint density at radius 2 is 2.27 bits per heavy atom. The van der Waals surface area contributed by atoms with Gasteiger partial charge in [-0.3, -0.25) is 14.8 Å². The molecule has 124 valence electrons. The van der Waals surface area contributed by atoms with Crippen LogP contribution in [0.4, 0.5) is 0 Å². The Labute approximate surface area is 132 Å². The number of H-pyrrole nitrogens is 1. The Hall–Kier alpha value is -1.40. The summed E-state index contributed by atoms with van der Waals surface area (Å²) in [5.41, 5.74) is 3.19. The van der Waals surface area contributed by atoms with Crippen molar-refractivity contribution >= 4 is 5.91 Å². The van der Waals surface area contributed by atoms with Crippen molar-refractivity contribution in [3.05, 3.63) is 17.0 Å². The third-order valence-electron chi connectivity index (χ3n) is 4.62. The Morgan fingerprint density at radius 3 is 2.95 bits per heavy atom. The smallest absolute Gasteiger partial charge is 0.220 e. The summed E-state index contributed by atoms with van der Waals surface area (Å²) < 4.78 is 0. The standard InChI is InChI=1S/C16H28N4O2/c1-12-13(2)18-19-15(12)6-7-16(22)17-8-10-20-9-4-3-5-14(20)11-21/h14,21H,3-11H2,1-2H3,(H,17,22)(H,18,19). The monoisotopic (exact) mass is 308 g/mol. The van der Waals surface area contributed by atoms with Gasteiger partial charge in [0.05, 0.1) is 12.3 Å². The van der Waals surface area contributed by atoms with Crippen LogP contribution in [-0.4, -0.2) is 58.4 Å². The summed E-state index contributed by atoms with van der Waals surface area (Å²) in [6, 6.07) is 0.264. The fraction of sp³-hybridized carbons (Fsp3) is 0.750. The average molecular weight is 308 g/mol. The summed E-state index contributed by atoms with van der Waals surface area (Å²) in [6.07, 6.45) is 4.57. The number of hydrogen-bond donors (Lipinski definition) is 3. The van der Waals surface area contributed by atoms with Crippen LogP contribution in [0.2, 0.25) is 0 Å². The Bertz CT molecular complexity index is 486. The minimum atomic E-state index is 0.0672. The van der Waals surface area contributed by atoms with Crippen molar-refractivity contribution in [1.82, 2.24) is 20.4 Å². The third-order valence-corrected chi connectivity index (χ3v) is 4.62. The zero-order valence-electron chi connectivity index (χ0n) is 13.7. The van der Waals surface area contributed by atoms with E-state index in [1.165, 1.54) is 12.8 Å². The number of aliphatic hydroxyl groups excluding tert-OH is 1. The van der Waals surface area contributed by atoms with E-state index in [9.17, 15) is 9.90 Å². The molecule has 1 aromatic rings. The molecule has 1 aliphatic rings. The number of aliphatic hydroxyl groups is 1. The second-order valence-corrected chi connectivity index (χ2v) is 6.14. The molecule has 1 unspecified atom stereocenters.